The maximum Gasteiger partial charge on any atom is 0.0725 e. The van der Waals surface area contributed by atoms with E-state index in [0.717, 1.165) is 22.3 Å². The molecule has 0 saturated heterocycles. The summed E-state index contributed by atoms with van der Waals surface area (Å²) in [5, 5.41) is 13.7. The van der Waals surface area contributed by atoms with Gasteiger partial charge in [-0.15, -0.1) is 0 Å². The quantitative estimate of drug-likeness (QED) is 0.766. The van der Waals surface area contributed by atoms with E-state index < -0.39 is 6.10 Å². The molecule has 2 atom stereocenters. The van der Waals surface area contributed by atoms with Gasteiger partial charge in [-0.3, -0.25) is 4.98 Å². The highest BCUT2D eigenvalue weighted by Gasteiger charge is 2.10. The molecule has 0 spiro atoms. The van der Waals surface area contributed by atoms with E-state index in [4.69, 9.17) is 5.73 Å². The van der Waals surface area contributed by atoms with Gasteiger partial charge >= 0.3 is 0 Å². The van der Waals surface area contributed by atoms with Crippen LogP contribution in [0.4, 0.5) is 5.69 Å². The van der Waals surface area contributed by atoms with E-state index in [1.54, 1.807) is 6.92 Å². The molecule has 1 heterocycles. The number of benzene rings is 1. The Kier molecular flexibility index (Phi) is 3.79. The number of nitrogens with one attached hydrogen (secondary N) is 1. The standard InChI is InChI=1S/C14H19N3O/c1-9-7-14(16-8-12(15)10(2)18)11-5-3-4-6-13(11)17-9/h3-7,10,12,18H,8,15H2,1-2H3,(H,16,17). The average Bonchev–Trinajstić information content (AvgIpc) is 2.35. The van der Waals surface area contributed by atoms with Crippen molar-refractivity contribution in [3.8, 4) is 0 Å². The molecule has 2 unspecified atom stereocenters. The van der Waals surface area contributed by atoms with Gasteiger partial charge in [0.25, 0.3) is 0 Å². The summed E-state index contributed by atoms with van der Waals surface area (Å²) < 4.78 is 0. The number of aliphatic hydroxyl groups is 1. The number of nitrogens with two attached hydrogens (primary N) is 1. The Morgan fingerprint density at radius 3 is 2.83 bits per heavy atom. The van der Waals surface area contributed by atoms with Gasteiger partial charge in [-0.2, -0.15) is 0 Å². The zero-order valence-corrected chi connectivity index (χ0v) is 10.7. The predicted octanol–water partition coefficient (Wildman–Crippen LogP) is 1.66. The first-order chi connectivity index (χ1) is 8.58. The number of fused-ring (bicyclic) bond motifs is 1. The number of aromatic nitrogens is 1. The first-order valence-corrected chi connectivity index (χ1v) is 6.12. The highest BCUT2D eigenvalue weighted by atomic mass is 16.3. The number of rotatable bonds is 4. The monoisotopic (exact) mass is 245 g/mol. The second kappa shape index (κ2) is 5.33. The van der Waals surface area contributed by atoms with Crippen LogP contribution in [0.2, 0.25) is 0 Å². The van der Waals surface area contributed by atoms with Crippen LogP contribution in [0.15, 0.2) is 30.3 Å². The minimum atomic E-state index is -0.522. The number of pyridine rings is 1. The molecule has 2 rings (SSSR count). The van der Waals surface area contributed by atoms with Crippen LogP contribution < -0.4 is 11.1 Å². The summed E-state index contributed by atoms with van der Waals surface area (Å²) in [6.45, 7) is 4.19. The van der Waals surface area contributed by atoms with Crippen LogP contribution in [0.1, 0.15) is 12.6 Å². The SMILES string of the molecule is Cc1cc(NCC(N)C(C)O)c2ccccc2n1. The summed E-state index contributed by atoms with van der Waals surface area (Å²) in [6, 6.07) is 9.69. The van der Waals surface area contributed by atoms with Gasteiger partial charge in [-0.1, -0.05) is 18.2 Å². The molecule has 0 aliphatic rings. The van der Waals surface area contributed by atoms with Crippen molar-refractivity contribution >= 4 is 16.6 Å². The van der Waals surface area contributed by atoms with Crippen LogP contribution in [0.5, 0.6) is 0 Å². The topological polar surface area (TPSA) is 71.2 Å². The molecule has 18 heavy (non-hydrogen) atoms. The van der Waals surface area contributed by atoms with Gasteiger partial charge in [-0.25, -0.2) is 0 Å². The number of hydrogen-bond acceptors (Lipinski definition) is 4. The third-order valence-corrected chi connectivity index (χ3v) is 2.99. The molecule has 1 aromatic carbocycles. The van der Waals surface area contributed by atoms with Crippen molar-refractivity contribution in [2.75, 3.05) is 11.9 Å². The van der Waals surface area contributed by atoms with E-state index in [9.17, 15) is 5.11 Å². The summed E-state index contributed by atoms with van der Waals surface area (Å²) in [5.74, 6) is 0. The molecule has 2 aromatic rings. The van der Waals surface area contributed by atoms with Gasteiger partial charge in [0, 0.05) is 29.4 Å². The van der Waals surface area contributed by atoms with Crippen molar-refractivity contribution in [1.82, 2.24) is 4.98 Å². The normalized spacial score (nSPS) is 14.4. The van der Waals surface area contributed by atoms with Crippen LogP contribution in [-0.4, -0.2) is 28.8 Å². The molecule has 4 heteroatoms. The Balaban J connectivity index is 2.27. The van der Waals surface area contributed by atoms with E-state index in [0.29, 0.717) is 6.54 Å². The first kappa shape index (κ1) is 12.8. The molecule has 0 aliphatic carbocycles. The molecule has 1 aromatic heterocycles. The highest BCUT2D eigenvalue weighted by molar-refractivity contribution is 5.91. The van der Waals surface area contributed by atoms with E-state index >= 15 is 0 Å². The minimum absolute atomic E-state index is 0.280. The molecule has 0 amide bonds. The van der Waals surface area contributed by atoms with Crippen LogP contribution in [0, 0.1) is 6.92 Å². The second-order valence-electron chi connectivity index (χ2n) is 4.61. The highest BCUT2D eigenvalue weighted by Crippen LogP contribution is 2.22. The number of hydrogen-bond donors (Lipinski definition) is 3. The molecule has 4 nitrogen and oxygen atoms in total. The van der Waals surface area contributed by atoms with Crippen LogP contribution in [0.25, 0.3) is 10.9 Å². The van der Waals surface area contributed by atoms with Gasteiger partial charge in [0.1, 0.15) is 0 Å². The molecule has 4 N–H and O–H groups in total. The molecule has 96 valence electrons. The third kappa shape index (κ3) is 2.78. The fourth-order valence-electron chi connectivity index (χ4n) is 1.85. The van der Waals surface area contributed by atoms with Gasteiger partial charge in [0.2, 0.25) is 0 Å². The second-order valence-corrected chi connectivity index (χ2v) is 4.61. The molecule has 0 saturated carbocycles. The zero-order chi connectivity index (χ0) is 13.1. The maximum absolute atomic E-state index is 9.39. The van der Waals surface area contributed by atoms with Crippen molar-refractivity contribution in [2.24, 2.45) is 5.73 Å². The number of nitrogens with zero attached hydrogens (tertiary/aromatic N) is 1. The van der Waals surface area contributed by atoms with E-state index in [2.05, 4.69) is 10.3 Å². The fraction of sp³-hybridized carbons (Fsp3) is 0.357. The molecular formula is C14H19N3O. The van der Waals surface area contributed by atoms with Gasteiger partial charge in [0.05, 0.1) is 11.6 Å². The Morgan fingerprint density at radius 1 is 1.39 bits per heavy atom. The van der Waals surface area contributed by atoms with Crippen molar-refractivity contribution in [3.63, 3.8) is 0 Å². The third-order valence-electron chi connectivity index (χ3n) is 2.99. The number of aliphatic hydroxyl groups excluding tert-OH is 1. The summed E-state index contributed by atoms with van der Waals surface area (Å²) in [4.78, 5) is 4.48. The first-order valence-electron chi connectivity index (χ1n) is 6.12. The van der Waals surface area contributed by atoms with Gasteiger partial charge < -0.3 is 16.2 Å². The molecule has 0 aliphatic heterocycles. The summed E-state index contributed by atoms with van der Waals surface area (Å²) >= 11 is 0. The zero-order valence-electron chi connectivity index (χ0n) is 10.7. The maximum atomic E-state index is 9.39. The Labute approximate surface area is 107 Å². The van der Waals surface area contributed by atoms with Crippen molar-refractivity contribution in [3.05, 3.63) is 36.0 Å². The Morgan fingerprint density at radius 2 is 2.11 bits per heavy atom. The molecule has 0 bridgehead atoms. The van der Waals surface area contributed by atoms with Crippen molar-refractivity contribution in [1.29, 1.82) is 0 Å². The Hall–Kier alpha value is -1.65. The van der Waals surface area contributed by atoms with Crippen LogP contribution >= 0.6 is 0 Å². The van der Waals surface area contributed by atoms with Gasteiger partial charge in [0.15, 0.2) is 0 Å². The van der Waals surface area contributed by atoms with E-state index in [-0.39, 0.29) is 6.04 Å². The average molecular weight is 245 g/mol. The summed E-state index contributed by atoms with van der Waals surface area (Å²) in [5.41, 5.74) is 8.75. The minimum Gasteiger partial charge on any atom is -0.392 e. The molecule has 0 fully saturated rings. The largest absolute Gasteiger partial charge is 0.392 e. The van der Waals surface area contributed by atoms with Crippen molar-refractivity contribution in [2.45, 2.75) is 26.0 Å². The summed E-state index contributed by atoms with van der Waals surface area (Å²) in [7, 11) is 0. The lowest BCUT2D eigenvalue weighted by Crippen LogP contribution is -2.38. The van der Waals surface area contributed by atoms with E-state index in [1.807, 2.05) is 37.3 Å². The van der Waals surface area contributed by atoms with E-state index in [1.165, 1.54) is 0 Å². The molecule has 0 radical (unpaired) electrons. The lowest BCUT2D eigenvalue weighted by atomic mass is 10.1. The lowest BCUT2D eigenvalue weighted by molar-refractivity contribution is 0.168. The van der Waals surface area contributed by atoms with Crippen LogP contribution in [0.3, 0.4) is 0 Å². The smallest absolute Gasteiger partial charge is 0.0725 e. The molecular weight excluding hydrogens is 226 g/mol. The predicted molar refractivity (Wildman–Crippen MR) is 74.6 cm³/mol. The lowest BCUT2D eigenvalue weighted by Gasteiger charge is -2.17. The number of aryl methyl sites for hydroxylation is 1. The number of anilines is 1. The summed E-state index contributed by atoms with van der Waals surface area (Å²) in [6.07, 6.45) is -0.522. The van der Waals surface area contributed by atoms with Crippen LogP contribution in [-0.2, 0) is 0 Å². The number of para-hydroxylation sites is 1. The van der Waals surface area contributed by atoms with Crippen molar-refractivity contribution < 1.29 is 5.11 Å². The van der Waals surface area contributed by atoms with Gasteiger partial charge in [-0.05, 0) is 26.0 Å². The Bertz CT molecular complexity index is 540. The fourth-order valence-corrected chi connectivity index (χ4v) is 1.85.